The zero-order chi connectivity index (χ0) is 12.4. The van der Waals surface area contributed by atoms with E-state index in [1.807, 2.05) is 0 Å². The van der Waals surface area contributed by atoms with Crippen molar-refractivity contribution in [2.75, 3.05) is 13.1 Å². The van der Waals surface area contributed by atoms with Gasteiger partial charge in [0.15, 0.2) is 0 Å². The summed E-state index contributed by atoms with van der Waals surface area (Å²) in [6, 6.07) is 9.40. The molecule has 0 aromatic heterocycles. The Labute approximate surface area is 110 Å². The first-order valence-corrected chi connectivity index (χ1v) is 7.26. The maximum absolute atomic E-state index is 3.67. The molecule has 0 amide bonds. The van der Waals surface area contributed by atoms with Crippen molar-refractivity contribution in [3.63, 3.8) is 0 Å². The quantitative estimate of drug-likeness (QED) is 0.850. The van der Waals surface area contributed by atoms with Gasteiger partial charge < -0.3 is 10.6 Å². The summed E-state index contributed by atoms with van der Waals surface area (Å²) in [5.74, 6) is 0. The third-order valence-corrected chi connectivity index (χ3v) is 4.67. The van der Waals surface area contributed by atoms with Gasteiger partial charge in [-0.2, -0.15) is 0 Å². The molecule has 2 nitrogen and oxygen atoms in total. The molecular formula is C16H24N2. The molecule has 18 heavy (non-hydrogen) atoms. The first kappa shape index (κ1) is 12.2. The topological polar surface area (TPSA) is 24.1 Å². The van der Waals surface area contributed by atoms with Gasteiger partial charge in [0.05, 0.1) is 0 Å². The molecule has 1 fully saturated rings. The fourth-order valence-electron chi connectivity index (χ4n) is 3.17. The summed E-state index contributed by atoms with van der Waals surface area (Å²) in [7, 11) is 0. The maximum atomic E-state index is 3.67. The summed E-state index contributed by atoms with van der Waals surface area (Å²) in [4.78, 5) is 0. The van der Waals surface area contributed by atoms with E-state index in [4.69, 9.17) is 0 Å². The standard InChI is InChI=1S/C16H24N2/c1-16(7-4-8-16)12-17-11-15-9-13-5-2-3-6-14(13)10-18-15/h2-3,5-6,15,17-18H,4,7-12H2,1H3. The zero-order valence-electron chi connectivity index (χ0n) is 11.3. The fraction of sp³-hybridized carbons (Fsp3) is 0.625. The van der Waals surface area contributed by atoms with Crippen molar-refractivity contribution in [2.45, 2.75) is 45.2 Å². The lowest BCUT2D eigenvalue weighted by Gasteiger charge is -2.39. The van der Waals surface area contributed by atoms with Gasteiger partial charge in [-0.3, -0.25) is 0 Å². The van der Waals surface area contributed by atoms with Crippen molar-refractivity contribution in [1.29, 1.82) is 0 Å². The van der Waals surface area contributed by atoms with E-state index < -0.39 is 0 Å². The average molecular weight is 244 g/mol. The van der Waals surface area contributed by atoms with Gasteiger partial charge in [-0.25, -0.2) is 0 Å². The van der Waals surface area contributed by atoms with Crippen LogP contribution in [0.3, 0.4) is 0 Å². The van der Waals surface area contributed by atoms with Gasteiger partial charge in [-0.05, 0) is 35.8 Å². The van der Waals surface area contributed by atoms with E-state index >= 15 is 0 Å². The third-order valence-electron chi connectivity index (χ3n) is 4.67. The van der Waals surface area contributed by atoms with Crippen LogP contribution >= 0.6 is 0 Å². The zero-order valence-corrected chi connectivity index (χ0v) is 11.3. The average Bonchev–Trinajstić information content (AvgIpc) is 2.37. The van der Waals surface area contributed by atoms with Crippen LogP contribution in [0.4, 0.5) is 0 Å². The van der Waals surface area contributed by atoms with E-state index in [9.17, 15) is 0 Å². The molecule has 2 aliphatic rings. The second-order valence-corrected chi connectivity index (χ2v) is 6.35. The van der Waals surface area contributed by atoms with Crippen LogP contribution in [0, 0.1) is 5.41 Å². The van der Waals surface area contributed by atoms with Gasteiger partial charge in [0, 0.05) is 25.7 Å². The first-order chi connectivity index (χ1) is 8.75. The van der Waals surface area contributed by atoms with Crippen molar-refractivity contribution in [3.05, 3.63) is 35.4 Å². The lowest BCUT2D eigenvalue weighted by Crippen LogP contribution is -2.46. The van der Waals surface area contributed by atoms with Crippen LogP contribution < -0.4 is 10.6 Å². The number of rotatable bonds is 4. The molecule has 1 aliphatic heterocycles. The molecule has 0 bridgehead atoms. The number of hydrogen-bond acceptors (Lipinski definition) is 2. The van der Waals surface area contributed by atoms with E-state index in [1.165, 1.54) is 43.4 Å². The molecule has 0 radical (unpaired) electrons. The Morgan fingerprint density at radius 3 is 2.78 bits per heavy atom. The molecule has 0 saturated heterocycles. The van der Waals surface area contributed by atoms with Crippen molar-refractivity contribution >= 4 is 0 Å². The Bertz CT molecular complexity index is 409. The predicted octanol–water partition coefficient (Wildman–Crippen LogP) is 2.48. The van der Waals surface area contributed by atoms with Gasteiger partial charge in [-0.15, -0.1) is 0 Å². The van der Waals surface area contributed by atoms with Gasteiger partial charge in [0.2, 0.25) is 0 Å². The molecule has 3 rings (SSSR count). The number of hydrogen-bond donors (Lipinski definition) is 2. The highest BCUT2D eigenvalue weighted by Gasteiger charge is 2.31. The van der Waals surface area contributed by atoms with Gasteiger partial charge in [0.1, 0.15) is 0 Å². The molecule has 0 spiro atoms. The first-order valence-electron chi connectivity index (χ1n) is 7.26. The molecule has 98 valence electrons. The normalized spacial score (nSPS) is 25.3. The number of nitrogens with one attached hydrogen (secondary N) is 2. The van der Waals surface area contributed by atoms with Crippen LogP contribution in [0.25, 0.3) is 0 Å². The van der Waals surface area contributed by atoms with Crippen LogP contribution in [0.2, 0.25) is 0 Å². The Morgan fingerprint density at radius 1 is 1.28 bits per heavy atom. The molecule has 1 aliphatic carbocycles. The maximum Gasteiger partial charge on any atom is 0.0236 e. The second-order valence-electron chi connectivity index (χ2n) is 6.35. The summed E-state index contributed by atoms with van der Waals surface area (Å²) in [5, 5.41) is 7.30. The SMILES string of the molecule is CC1(CNCC2Cc3ccccc3CN2)CCC1. The molecule has 2 N–H and O–H groups in total. The smallest absolute Gasteiger partial charge is 0.0236 e. The van der Waals surface area contributed by atoms with Crippen LogP contribution in [0.15, 0.2) is 24.3 Å². The van der Waals surface area contributed by atoms with Crippen LogP contribution in [-0.2, 0) is 13.0 Å². The van der Waals surface area contributed by atoms with Crippen molar-refractivity contribution in [3.8, 4) is 0 Å². The Morgan fingerprint density at radius 2 is 2.06 bits per heavy atom. The minimum absolute atomic E-state index is 0.590. The van der Waals surface area contributed by atoms with Gasteiger partial charge in [-0.1, -0.05) is 37.6 Å². The Balaban J connectivity index is 1.48. The van der Waals surface area contributed by atoms with Gasteiger partial charge in [0.25, 0.3) is 0 Å². The molecule has 1 atom stereocenters. The van der Waals surface area contributed by atoms with E-state index in [0.29, 0.717) is 11.5 Å². The van der Waals surface area contributed by atoms with Crippen molar-refractivity contribution in [2.24, 2.45) is 5.41 Å². The molecule has 2 heteroatoms. The summed E-state index contributed by atoms with van der Waals surface area (Å²) >= 11 is 0. The highest BCUT2D eigenvalue weighted by Crippen LogP contribution is 2.39. The summed E-state index contributed by atoms with van der Waals surface area (Å²) in [6.45, 7) is 5.73. The molecule has 1 heterocycles. The number of benzene rings is 1. The third kappa shape index (κ3) is 2.60. The van der Waals surface area contributed by atoms with Crippen molar-refractivity contribution in [1.82, 2.24) is 10.6 Å². The molecule has 1 saturated carbocycles. The monoisotopic (exact) mass is 244 g/mol. The van der Waals surface area contributed by atoms with E-state index in [-0.39, 0.29) is 0 Å². The lowest BCUT2D eigenvalue weighted by atomic mass is 9.70. The van der Waals surface area contributed by atoms with Crippen LogP contribution in [0.5, 0.6) is 0 Å². The minimum Gasteiger partial charge on any atom is -0.315 e. The molecule has 1 aromatic rings. The summed E-state index contributed by atoms with van der Waals surface area (Å²) in [5.41, 5.74) is 3.59. The van der Waals surface area contributed by atoms with E-state index in [2.05, 4.69) is 41.8 Å². The highest BCUT2D eigenvalue weighted by atomic mass is 15.0. The number of fused-ring (bicyclic) bond motifs is 1. The van der Waals surface area contributed by atoms with Crippen LogP contribution in [0.1, 0.15) is 37.3 Å². The van der Waals surface area contributed by atoms with E-state index in [0.717, 1.165) is 13.1 Å². The largest absolute Gasteiger partial charge is 0.315 e. The van der Waals surface area contributed by atoms with E-state index in [1.54, 1.807) is 0 Å². The minimum atomic E-state index is 0.590. The lowest BCUT2D eigenvalue weighted by molar-refractivity contribution is 0.155. The molecular weight excluding hydrogens is 220 g/mol. The van der Waals surface area contributed by atoms with Crippen molar-refractivity contribution < 1.29 is 0 Å². The fourth-order valence-corrected chi connectivity index (χ4v) is 3.17. The van der Waals surface area contributed by atoms with Crippen LogP contribution in [-0.4, -0.2) is 19.1 Å². The predicted molar refractivity (Wildman–Crippen MR) is 75.6 cm³/mol. The highest BCUT2D eigenvalue weighted by molar-refractivity contribution is 5.29. The van der Waals surface area contributed by atoms with Gasteiger partial charge >= 0.3 is 0 Å². The second kappa shape index (κ2) is 5.02. The Hall–Kier alpha value is -0.860. The molecule has 1 aromatic carbocycles. The summed E-state index contributed by atoms with van der Waals surface area (Å²) in [6.07, 6.45) is 5.40. The Kier molecular flexibility index (Phi) is 3.40. The molecule has 1 unspecified atom stereocenters. The summed E-state index contributed by atoms with van der Waals surface area (Å²) < 4.78 is 0.